The largest absolute Gasteiger partial charge is 0.486 e. The fourth-order valence-corrected chi connectivity index (χ4v) is 2.37. The molecule has 98 valence electrons. The van der Waals surface area contributed by atoms with Crippen LogP contribution in [0.1, 0.15) is 24.4 Å². The number of likely N-dealkylation sites (N-methyl/N-ethyl adjacent to an activating group) is 1. The number of rotatable bonds is 4. The van der Waals surface area contributed by atoms with Gasteiger partial charge in [-0.25, -0.2) is 0 Å². The molecule has 1 unspecified atom stereocenters. The van der Waals surface area contributed by atoms with Crippen LogP contribution in [0.4, 0.5) is 0 Å². The average molecular weight is 248 g/mol. The molecule has 1 aliphatic heterocycles. The van der Waals surface area contributed by atoms with E-state index in [9.17, 15) is 0 Å². The van der Waals surface area contributed by atoms with Crippen LogP contribution in [0, 0.1) is 0 Å². The Morgan fingerprint density at radius 2 is 2.00 bits per heavy atom. The van der Waals surface area contributed by atoms with Gasteiger partial charge < -0.3 is 20.1 Å². The van der Waals surface area contributed by atoms with E-state index < -0.39 is 0 Å². The number of ether oxygens (including phenoxy) is 2. The van der Waals surface area contributed by atoms with Crippen molar-refractivity contribution in [2.24, 2.45) is 5.73 Å². The first-order valence-electron chi connectivity index (χ1n) is 6.59. The van der Waals surface area contributed by atoms with Gasteiger partial charge in [-0.05, 0) is 37.6 Å². The molecule has 2 N–H and O–H groups in total. The summed E-state index contributed by atoms with van der Waals surface area (Å²) in [7, 11) is 2.15. The highest BCUT2D eigenvalue weighted by Crippen LogP contribution is 2.33. The van der Waals surface area contributed by atoms with Gasteiger partial charge in [0.05, 0.1) is 0 Å². The van der Waals surface area contributed by atoms with E-state index in [0.717, 1.165) is 29.6 Å². The third-order valence-electron chi connectivity index (χ3n) is 3.65. The molecule has 1 fully saturated rings. The standard InChI is InChI=1S/C14H20N2O2/c1-16(11-3-4-11)9-12(15)10-2-5-13-14(8-10)18-7-6-17-13/h2,5,8,11-12H,3-4,6-7,9,15H2,1H3. The molecule has 1 aromatic rings. The molecular formula is C14H20N2O2. The summed E-state index contributed by atoms with van der Waals surface area (Å²) >= 11 is 0. The lowest BCUT2D eigenvalue weighted by Gasteiger charge is -2.23. The Morgan fingerprint density at radius 1 is 1.28 bits per heavy atom. The molecule has 1 saturated carbocycles. The molecule has 1 aromatic carbocycles. The first kappa shape index (κ1) is 11.8. The first-order valence-corrected chi connectivity index (χ1v) is 6.59. The average Bonchev–Trinajstić information content (AvgIpc) is 3.22. The van der Waals surface area contributed by atoms with Crippen LogP contribution in [0.3, 0.4) is 0 Å². The van der Waals surface area contributed by atoms with Crippen LogP contribution in [-0.4, -0.2) is 37.7 Å². The molecule has 0 spiro atoms. The smallest absolute Gasteiger partial charge is 0.161 e. The minimum Gasteiger partial charge on any atom is -0.486 e. The van der Waals surface area contributed by atoms with Gasteiger partial charge in [0.2, 0.25) is 0 Å². The Hall–Kier alpha value is -1.26. The Balaban J connectivity index is 1.70. The van der Waals surface area contributed by atoms with Crippen LogP contribution in [0.2, 0.25) is 0 Å². The van der Waals surface area contributed by atoms with Crippen molar-refractivity contribution in [1.82, 2.24) is 4.90 Å². The molecule has 2 aliphatic rings. The molecule has 18 heavy (non-hydrogen) atoms. The molecule has 0 radical (unpaired) electrons. The summed E-state index contributed by atoms with van der Waals surface area (Å²) in [6, 6.07) is 6.79. The maximum atomic E-state index is 6.26. The monoisotopic (exact) mass is 248 g/mol. The normalized spacial score (nSPS) is 19.9. The Morgan fingerprint density at radius 3 is 2.72 bits per heavy atom. The van der Waals surface area contributed by atoms with Crippen LogP contribution >= 0.6 is 0 Å². The predicted molar refractivity (Wildman–Crippen MR) is 70.0 cm³/mol. The minimum atomic E-state index is 0.0337. The summed E-state index contributed by atoms with van der Waals surface area (Å²) in [6.07, 6.45) is 2.62. The van der Waals surface area contributed by atoms with Crippen molar-refractivity contribution in [3.05, 3.63) is 23.8 Å². The number of hydrogen-bond donors (Lipinski definition) is 1. The van der Waals surface area contributed by atoms with Crippen LogP contribution in [-0.2, 0) is 0 Å². The van der Waals surface area contributed by atoms with Crippen molar-refractivity contribution in [3.8, 4) is 11.5 Å². The number of benzene rings is 1. The van der Waals surface area contributed by atoms with E-state index in [1.807, 2.05) is 18.2 Å². The second kappa shape index (κ2) is 4.78. The maximum Gasteiger partial charge on any atom is 0.161 e. The molecular weight excluding hydrogens is 228 g/mol. The van der Waals surface area contributed by atoms with E-state index in [1.54, 1.807) is 0 Å². The number of hydrogen-bond acceptors (Lipinski definition) is 4. The highest BCUT2D eigenvalue weighted by atomic mass is 16.6. The summed E-state index contributed by atoms with van der Waals surface area (Å²) in [5.41, 5.74) is 7.37. The fraction of sp³-hybridized carbons (Fsp3) is 0.571. The second-order valence-corrected chi connectivity index (χ2v) is 5.18. The lowest BCUT2D eigenvalue weighted by Crippen LogP contribution is -2.30. The van der Waals surface area contributed by atoms with Gasteiger partial charge in [-0.15, -0.1) is 0 Å². The lowest BCUT2D eigenvalue weighted by atomic mass is 10.1. The summed E-state index contributed by atoms with van der Waals surface area (Å²) in [5.74, 6) is 1.65. The van der Waals surface area contributed by atoms with E-state index in [0.29, 0.717) is 13.2 Å². The molecule has 1 heterocycles. The van der Waals surface area contributed by atoms with Crippen molar-refractivity contribution >= 4 is 0 Å². The molecule has 1 aliphatic carbocycles. The molecule has 3 rings (SSSR count). The highest BCUT2D eigenvalue weighted by Gasteiger charge is 2.27. The summed E-state index contributed by atoms with van der Waals surface area (Å²) in [4.78, 5) is 2.35. The van der Waals surface area contributed by atoms with Crippen LogP contribution < -0.4 is 15.2 Å². The SMILES string of the molecule is CN(CC(N)c1ccc2c(c1)OCCO2)C1CC1. The Labute approximate surface area is 108 Å². The van der Waals surface area contributed by atoms with Gasteiger partial charge in [-0.3, -0.25) is 0 Å². The van der Waals surface area contributed by atoms with Gasteiger partial charge in [-0.1, -0.05) is 6.07 Å². The quantitative estimate of drug-likeness (QED) is 0.878. The summed E-state index contributed by atoms with van der Waals surface area (Å²) < 4.78 is 11.1. The molecule has 1 atom stereocenters. The molecule has 4 heteroatoms. The zero-order valence-corrected chi connectivity index (χ0v) is 10.8. The van der Waals surface area contributed by atoms with Crippen molar-refractivity contribution in [1.29, 1.82) is 0 Å². The third kappa shape index (κ3) is 2.44. The van der Waals surface area contributed by atoms with Crippen LogP contribution in [0.25, 0.3) is 0 Å². The Bertz CT molecular complexity index is 432. The van der Waals surface area contributed by atoms with Crippen molar-refractivity contribution < 1.29 is 9.47 Å². The van der Waals surface area contributed by atoms with E-state index >= 15 is 0 Å². The zero-order valence-electron chi connectivity index (χ0n) is 10.8. The number of fused-ring (bicyclic) bond motifs is 1. The van der Waals surface area contributed by atoms with Gasteiger partial charge in [0.1, 0.15) is 13.2 Å². The Kier molecular flexibility index (Phi) is 3.14. The minimum absolute atomic E-state index is 0.0337. The molecule has 4 nitrogen and oxygen atoms in total. The molecule has 0 aromatic heterocycles. The number of nitrogens with two attached hydrogens (primary N) is 1. The summed E-state index contributed by atoms with van der Waals surface area (Å²) in [6.45, 7) is 2.14. The highest BCUT2D eigenvalue weighted by molar-refractivity contribution is 5.44. The van der Waals surface area contributed by atoms with Gasteiger partial charge in [0, 0.05) is 18.6 Å². The molecule has 0 amide bonds. The van der Waals surface area contributed by atoms with Gasteiger partial charge in [0.15, 0.2) is 11.5 Å². The van der Waals surface area contributed by atoms with Crippen LogP contribution in [0.15, 0.2) is 18.2 Å². The van der Waals surface area contributed by atoms with Crippen LogP contribution in [0.5, 0.6) is 11.5 Å². The maximum absolute atomic E-state index is 6.26. The molecule has 0 bridgehead atoms. The fourth-order valence-electron chi connectivity index (χ4n) is 2.37. The zero-order chi connectivity index (χ0) is 12.5. The van der Waals surface area contributed by atoms with E-state index in [4.69, 9.17) is 15.2 Å². The van der Waals surface area contributed by atoms with Crippen molar-refractivity contribution in [2.45, 2.75) is 24.9 Å². The predicted octanol–water partition coefficient (Wildman–Crippen LogP) is 1.55. The topological polar surface area (TPSA) is 47.7 Å². The first-order chi connectivity index (χ1) is 8.74. The van der Waals surface area contributed by atoms with Gasteiger partial charge >= 0.3 is 0 Å². The van der Waals surface area contributed by atoms with Crippen molar-refractivity contribution in [2.75, 3.05) is 26.8 Å². The second-order valence-electron chi connectivity index (χ2n) is 5.18. The van der Waals surface area contributed by atoms with E-state index in [1.165, 1.54) is 12.8 Å². The lowest BCUT2D eigenvalue weighted by molar-refractivity contribution is 0.171. The van der Waals surface area contributed by atoms with E-state index in [2.05, 4.69) is 11.9 Å². The van der Waals surface area contributed by atoms with Gasteiger partial charge in [-0.2, -0.15) is 0 Å². The van der Waals surface area contributed by atoms with Crippen molar-refractivity contribution in [3.63, 3.8) is 0 Å². The molecule has 0 saturated heterocycles. The van der Waals surface area contributed by atoms with E-state index in [-0.39, 0.29) is 6.04 Å². The summed E-state index contributed by atoms with van der Waals surface area (Å²) in [5, 5.41) is 0. The third-order valence-corrected chi connectivity index (χ3v) is 3.65. The number of nitrogens with zero attached hydrogens (tertiary/aromatic N) is 1. The van der Waals surface area contributed by atoms with Gasteiger partial charge in [0.25, 0.3) is 0 Å².